The van der Waals surface area contributed by atoms with Gasteiger partial charge in [0.2, 0.25) is 5.91 Å². The Morgan fingerprint density at radius 2 is 2.06 bits per heavy atom. The third kappa shape index (κ3) is 2.61. The number of amides is 1. The van der Waals surface area contributed by atoms with Gasteiger partial charge in [0.05, 0.1) is 10.0 Å². The summed E-state index contributed by atoms with van der Waals surface area (Å²) in [7, 11) is 0. The second-order valence-electron chi connectivity index (χ2n) is 4.28. The van der Waals surface area contributed by atoms with E-state index in [9.17, 15) is 4.79 Å². The highest BCUT2D eigenvalue weighted by molar-refractivity contribution is 9.09. The number of nitrogens with zero attached hydrogens (tertiary/aromatic N) is 1. The minimum absolute atomic E-state index is 0.149. The fourth-order valence-corrected chi connectivity index (χ4v) is 2.85. The highest BCUT2D eigenvalue weighted by Gasteiger charge is 2.30. The molecule has 1 atom stereocenters. The number of hydrogen-bond donors (Lipinski definition) is 0. The predicted molar refractivity (Wildman–Crippen MR) is 75.5 cm³/mol. The van der Waals surface area contributed by atoms with Crippen molar-refractivity contribution in [3.05, 3.63) is 27.7 Å². The first kappa shape index (κ1) is 13.2. The van der Waals surface area contributed by atoms with Gasteiger partial charge in [-0.2, -0.15) is 0 Å². The minimum Gasteiger partial charge on any atom is -0.312 e. The Balaban J connectivity index is 2.35. The van der Waals surface area contributed by atoms with Gasteiger partial charge >= 0.3 is 0 Å². The van der Waals surface area contributed by atoms with Crippen LogP contribution in [0.4, 0.5) is 5.69 Å². The Morgan fingerprint density at radius 3 is 2.65 bits per heavy atom. The second-order valence-corrected chi connectivity index (χ2v) is 5.74. The molecule has 1 fully saturated rings. The van der Waals surface area contributed by atoms with Crippen LogP contribution in [0.1, 0.15) is 12.0 Å². The van der Waals surface area contributed by atoms with Crippen LogP contribution in [0, 0.1) is 12.8 Å². The van der Waals surface area contributed by atoms with Gasteiger partial charge in [-0.15, -0.1) is 0 Å². The average molecular weight is 337 g/mol. The molecule has 0 radical (unpaired) electrons. The number of carbonyl (C=O) groups excluding carboxylic acids is 1. The van der Waals surface area contributed by atoms with E-state index in [-0.39, 0.29) is 5.91 Å². The molecule has 1 aliphatic heterocycles. The van der Waals surface area contributed by atoms with Gasteiger partial charge < -0.3 is 4.90 Å². The Hall–Kier alpha value is -0.250. The molecule has 0 saturated carbocycles. The molecule has 1 saturated heterocycles. The normalized spacial score (nSPS) is 20.1. The third-order valence-corrected chi connectivity index (χ3v) is 4.59. The fraction of sp³-hybridized carbons (Fsp3) is 0.417. The minimum atomic E-state index is 0.149. The van der Waals surface area contributed by atoms with Crippen molar-refractivity contribution in [2.45, 2.75) is 13.3 Å². The number of alkyl halides is 1. The van der Waals surface area contributed by atoms with Crippen LogP contribution in [0.3, 0.4) is 0 Å². The predicted octanol–water partition coefficient (Wildman–Crippen LogP) is 4.05. The van der Waals surface area contributed by atoms with Gasteiger partial charge in [-0.3, -0.25) is 4.79 Å². The van der Waals surface area contributed by atoms with Crippen LogP contribution in [0.25, 0.3) is 0 Å². The molecule has 17 heavy (non-hydrogen) atoms. The fourth-order valence-electron chi connectivity index (χ4n) is 2.04. The van der Waals surface area contributed by atoms with Crippen molar-refractivity contribution in [3.8, 4) is 0 Å². The van der Waals surface area contributed by atoms with Crippen LogP contribution in [0.15, 0.2) is 12.1 Å². The van der Waals surface area contributed by atoms with Crippen molar-refractivity contribution < 1.29 is 4.79 Å². The summed E-state index contributed by atoms with van der Waals surface area (Å²) in [6, 6.07) is 3.57. The van der Waals surface area contributed by atoms with Gasteiger partial charge in [-0.25, -0.2) is 0 Å². The van der Waals surface area contributed by atoms with Gasteiger partial charge in [0.25, 0.3) is 0 Å². The number of halogens is 3. The molecule has 1 aromatic carbocycles. The SMILES string of the molecule is Cc1cc(Cl)c(Cl)cc1N1CC(CBr)CC1=O. The molecule has 0 bridgehead atoms. The van der Waals surface area contributed by atoms with Crippen molar-refractivity contribution >= 4 is 50.7 Å². The van der Waals surface area contributed by atoms with E-state index in [4.69, 9.17) is 23.2 Å². The van der Waals surface area contributed by atoms with E-state index in [1.165, 1.54) is 0 Å². The highest BCUT2D eigenvalue weighted by atomic mass is 79.9. The van der Waals surface area contributed by atoms with Gasteiger partial charge in [-0.1, -0.05) is 39.1 Å². The molecule has 1 aromatic rings. The van der Waals surface area contributed by atoms with Gasteiger partial charge in [0, 0.05) is 24.0 Å². The molecule has 1 unspecified atom stereocenters. The van der Waals surface area contributed by atoms with Crippen LogP contribution in [-0.2, 0) is 4.79 Å². The zero-order valence-corrected chi connectivity index (χ0v) is 12.4. The lowest BCUT2D eigenvalue weighted by Crippen LogP contribution is -2.25. The molecule has 2 nitrogen and oxygen atoms in total. The summed E-state index contributed by atoms with van der Waals surface area (Å²) >= 11 is 15.4. The lowest BCUT2D eigenvalue weighted by molar-refractivity contribution is -0.117. The number of anilines is 1. The summed E-state index contributed by atoms with van der Waals surface area (Å²) in [6.07, 6.45) is 0.588. The lowest BCUT2D eigenvalue weighted by Gasteiger charge is -2.19. The zero-order valence-electron chi connectivity index (χ0n) is 9.34. The summed E-state index contributed by atoms with van der Waals surface area (Å²) in [6.45, 7) is 2.68. The number of rotatable bonds is 2. The van der Waals surface area contributed by atoms with Crippen LogP contribution in [0.2, 0.25) is 10.0 Å². The molecular weight excluding hydrogens is 325 g/mol. The van der Waals surface area contributed by atoms with Crippen LogP contribution < -0.4 is 4.90 Å². The van der Waals surface area contributed by atoms with Crippen molar-refractivity contribution in [2.75, 3.05) is 16.8 Å². The van der Waals surface area contributed by atoms with E-state index in [0.717, 1.165) is 23.1 Å². The van der Waals surface area contributed by atoms with Crippen molar-refractivity contribution in [1.82, 2.24) is 0 Å². The monoisotopic (exact) mass is 335 g/mol. The molecule has 0 spiro atoms. The van der Waals surface area contributed by atoms with E-state index >= 15 is 0 Å². The molecule has 0 N–H and O–H groups in total. The molecule has 5 heteroatoms. The van der Waals surface area contributed by atoms with Crippen molar-refractivity contribution in [1.29, 1.82) is 0 Å². The molecule has 1 amide bonds. The zero-order chi connectivity index (χ0) is 12.6. The second kappa shape index (κ2) is 5.17. The van der Waals surface area contributed by atoms with E-state index in [0.29, 0.717) is 22.4 Å². The van der Waals surface area contributed by atoms with E-state index in [2.05, 4.69) is 15.9 Å². The van der Waals surface area contributed by atoms with Gasteiger partial charge in [0.15, 0.2) is 0 Å². The first-order valence-corrected chi connectivity index (χ1v) is 7.22. The Kier molecular flexibility index (Phi) is 4.01. The van der Waals surface area contributed by atoms with Crippen LogP contribution >= 0.6 is 39.1 Å². The summed E-state index contributed by atoms with van der Waals surface area (Å²) in [4.78, 5) is 13.7. The van der Waals surface area contributed by atoms with Gasteiger partial charge in [-0.05, 0) is 30.5 Å². The molecular formula is C12H12BrCl2NO. The molecule has 0 aromatic heterocycles. The van der Waals surface area contributed by atoms with Crippen LogP contribution in [0.5, 0.6) is 0 Å². The summed E-state index contributed by atoms with van der Waals surface area (Å²) in [5, 5.41) is 1.86. The van der Waals surface area contributed by atoms with E-state index in [1.54, 1.807) is 17.0 Å². The van der Waals surface area contributed by atoms with Crippen molar-refractivity contribution in [2.24, 2.45) is 5.92 Å². The maximum Gasteiger partial charge on any atom is 0.227 e. The maximum atomic E-state index is 11.9. The quantitative estimate of drug-likeness (QED) is 0.746. The first-order valence-electron chi connectivity index (χ1n) is 5.35. The van der Waals surface area contributed by atoms with Gasteiger partial charge in [0.1, 0.15) is 0 Å². The summed E-state index contributed by atoms with van der Waals surface area (Å²) < 4.78 is 0. The topological polar surface area (TPSA) is 20.3 Å². The first-order chi connectivity index (χ1) is 8.02. The lowest BCUT2D eigenvalue weighted by atomic mass is 10.1. The largest absolute Gasteiger partial charge is 0.312 e. The van der Waals surface area contributed by atoms with Crippen LogP contribution in [-0.4, -0.2) is 17.8 Å². The van der Waals surface area contributed by atoms with E-state index < -0.39 is 0 Å². The molecule has 0 aliphatic carbocycles. The molecule has 2 rings (SSSR count). The molecule has 1 aliphatic rings. The summed E-state index contributed by atoms with van der Waals surface area (Å²) in [5.74, 6) is 0.521. The Bertz CT molecular complexity index is 464. The highest BCUT2D eigenvalue weighted by Crippen LogP contribution is 2.34. The molecule has 1 heterocycles. The third-order valence-electron chi connectivity index (χ3n) is 2.95. The number of hydrogen-bond acceptors (Lipinski definition) is 1. The Morgan fingerprint density at radius 1 is 1.41 bits per heavy atom. The van der Waals surface area contributed by atoms with Crippen molar-refractivity contribution in [3.63, 3.8) is 0 Å². The standard InChI is InChI=1S/C12H12BrCl2NO/c1-7-2-9(14)10(15)4-11(7)16-6-8(5-13)3-12(16)17/h2,4,8H,3,5-6H2,1H3. The molecule has 92 valence electrons. The Labute approximate surface area is 119 Å². The smallest absolute Gasteiger partial charge is 0.227 e. The summed E-state index contributed by atoms with van der Waals surface area (Å²) in [5.41, 5.74) is 1.84. The number of aryl methyl sites for hydroxylation is 1. The maximum absolute atomic E-state index is 11.9. The number of carbonyl (C=O) groups is 1. The van der Waals surface area contributed by atoms with E-state index in [1.807, 2.05) is 6.92 Å². The average Bonchev–Trinajstić information content (AvgIpc) is 2.65. The number of benzene rings is 1.